The Labute approximate surface area is 144 Å². The third kappa shape index (κ3) is 3.90. The lowest BCUT2D eigenvalue weighted by Gasteiger charge is -2.39. The van der Waals surface area contributed by atoms with Crippen molar-refractivity contribution >= 4 is 6.03 Å². The Morgan fingerprint density at radius 1 is 1.33 bits per heavy atom. The van der Waals surface area contributed by atoms with E-state index >= 15 is 0 Å². The summed E-state index contributed by atoms with van der Waals surface area (Å²) >= 11 is 0. The topological polar surface area (TPSA) is 50.8 Å². The minimum Gasteiger partial charge on any atom is -0.347 e. The number of likely N-dealkylation sites (tertiary alicyclic amines) is 1. The Bertz CT molecular complexity index is 569. The van der Waals surface area contributed by atoms with E-state index in [1.165, 1.54) is 11.1 Å². The first kappa shape index (κ1) is 17.2. The van der Waals surface area contributed by atoms with Crippen molar-refractivity contribution in [1.82, 2.24) is 10.2 Å². The summed E-state index contributed by atoms with van der Waals surface area (Å²) in [5.41, 5.74) is 2.56. The lowest BCUT2D eigenvalue weighted by atomic mass is 9.90. The average molecular weight is 332 g/mol. The molecular formula is C19H28N2O3. The fourth-order valence-corrected chi connectivity index (χ4v) is 3.66. The van der Waals surface area contributed by atoms with Gasteiger partial charge in [0.1, 0.15) is 0 Å². The molecule has 132 valence electrons. The maximum Gasteiger partial charge on any atom is 0.317 e. The molecule has 2 amide bonds. The molecular weight excluding hydrogens is 304 g/mol. The number of amides is 2. The average Bonchev–Trinajstić information content (AvgIpc) is 3.05. The molecule has 5 heteroatoms. The summed E-state index contributed by atoms with van der Waals surface area (Å²) < 4.78 is 11.6. The molecule has 3 rings (SSSR count). The largest absolute Gasteiger partial charge is 0.347 e. The van der Waals surface area contributed by atoms with Crippen LogP contribution in [-0.4, -0.2) is 49.6 Å². The molecule has 24 heavy (non-hydrogen) atoms. The second kappa shape index (κ2) is 7.53. The standard InChI is InChI=1S/C19H28N2O3/c1-15-6-3-4-7-16(15)9-10-20-18(22)21-11-5-8-17(14-21)19(2)23-12-13-24-19/h3-4,6-7,17H,5,8-14H2,1-2H3,(H,20,22). The zero-order chi connectivity index (χ0) is 17.0. The van der Waals surface area contributed by atoms with Crippen molar-refractivity contribution in [1.29, 1.82) is 0 Å². The summed E-state index contributed by atoms with van der Waals surface area (Å²) in [5.74, 6) is -0.282. The quantitative estimate of drug-likeness (QED) is 0.922. The van der Waals surface area contributed by atoms with E-state index in [9.17, 15) is 4.79 Å². The molecule has 1 aromatic rings. The number of piperidine rings is 1. The predicted octanol–water partition coefficient (Wildman–Crippen LogP) is 2.72. The molecule has 1 N–H and O–H groups in total. The van der Waals surface area contributed by atoms with Crippen molar-refractivity contribution < 1.29 is 14.3 Å². The first-order valence-electron chi connectivity index (χ1n) is 8.94. The number of rotatable bonds is 4. The van der Waals surface area contributed by atoms with Crippen molar-refractivity contribution in [2.24, 2.45) is 5.92 Å². The zero-order valence-electron chi connectivity index (χ0n) is 14.7. The molecule has 0 spiro atoms. The second-order valence-corrected chi connectivity index (χ2v) is 6.91. The number of hydrogen-bond donors (Lipinski definition) is 1. The Morgan fingerprint density at radius 3 is 2.83 bits per heavy atom. The van der Waals surface area contributed by atoms with Gasteiger partial charge in [-0.1, -0.05) is 24.3 Å². The molecule has 0 bridgehead atoms. The molecule has 2 fully saturated rings. The van der Waals surface area contributed by atoms with Gasteiger partial charge in [-0.25, -0.2) is 4.79 Å². The summed E-state index contributed by atoms with van der Waals surface area (Å²) in [6.07, 6.45) is 2.90. The maximum atomic E-state index is 12.5. The fourth-order valence-electron chi connectivity index (χ4n) is 3.66. The molecule has 1 aromatic carbocycles. The van der Waals surface area contributed by atoms with Crippen LogP contribution in [0.1, 0.15) is 30.9 Å². The van der Waals surface area contributed by atoms with E-state index in [2.05, 4.69) is 24.4 Å². The smallest absolute Gasteiger partial charge is 0.317 e. The summed E-state index contributed by atoms with van der Waals surface area (Å²) in [6.45, 7) is 7.58. The number of carbonyl (C=O) groups excluding carboxylic acids is 1. The van der Waals surface area contributed by atoms with Gasteiger partial charge in [-0.05, 0) is 44.2 Å². The van der Waals surface area contributed by atoms with Gasteiger partial charge >= 0.3 is 6.03 Å². The molecule has 1 unspecified atom stereocenters. The fraction of sp³-hybridized carbons (Fsp3) is 0.632. The Kier molecular flexibility index (Phi) is 5.41. The number of nitrogens with zero attached hydrogens (tertiary/aromatic N) is 1. The Morgan fingerprint density at radius 2 is 2.08 bits per heavy atom. The van der Waals surface area contributed by atoms with Crippen LogP contribution in [0.4, 0.5) is 4.79 Å². The zero-order valence-corrected chi connectivity index (χ0v) is 14.7. The van der Waals surface area contributed by atoms with Crippen LogP contribution < -0.4 is 5.32 Å². The molecule has 5 nitrogen and oxygen atoms in total. The predicted molar refractivity (Wildman–Crippen MR) is 92.9 cm³/mol. The van der Waals surface area contributed by atoms with Crippen LogP contribution in [0.25, 0.3) is 0 Å². The van der Waals surface area contributed by atoms with E-state index in [4.69, 9.17) is 9.47 Å². The highest BCUT2D eigenvalue weighted by Crippen LogP contribution is 2.34. The first-order valence-corrected chi connectivity index (χ1v) is 8.94. The van der Waals surface area contributed by atoms with Gasteiger partial charge < -0.3 is 19.7 Å². The van der Waals surface area contributed by atoms with Gasteiger partial charge in [-0.15, -0.1) is 0 Å². The Balaban J connectivity index is 1.49. The van der Waals surface area contributed by atoms with E-state index in [-0.39, 0.29) is 11.9 Å². The van der Waals surface area contributed by atoms with Gasteiger partial charge in [0.25, 0.3) is 0 Å². The molecule has 0 radical (unpaired) electrons. The normalized spacial score (nSPS) is 23.2. The van der Waals surface area contributed by atoms with E-state index in [0.717, 1.165) is 25.8 Å². The summed E-state index contributed by atoms with van der Waals surface area (Å²) in [4.78, 5) is 14.4. The molecule has 0 saturated carbocycles. The number of hydrogen-bond acceptors (Lipinski definition) is 3. The first-order chi connectivity index (χ1) is 11.6. The SMILES string of the molecule is Cc1ccccc1CCNC(=O)N1CCCC(C2(C)OCCO2)C1. The van der Waals surface area contributed by atoms with E-state index in [1.807, 2.05) is 24.0 Å². The van der Waals surface area contributed by atoms with Gasteiger partial charge in [0.15, 0.2) is 5.79 Å². The van der Waals surface area contributed by atoms with Crippen molar-refractivity contribution in [3.63, 3.8) is 0 Å². The number of benzene rings is 1. The van der Waals surface area contributed by atoms with Gasteiger partial charge in [0.05, 0.1) is 13.2 Å². The molecule has 0 aliphatic carbocycles. The molecule has 2 heterocycles. The molecule has 2 aliphatic heterocycles. The van der Waals surface area contributed by atoms with E-state index in [1.54, 1.807) is 0 Å². The number of nitrogens with one attached hydrogen (secondary N) is 1. The van der Waals surface area contributed by atoms with Gasteiger partial charge in [-0.3, -0.25) is 0 Å². The highest BCUT2D eigenvalue weighted by molar-refractivity contribution is 5.74. The number of ether oxygens (including phenoxy) is 2. The van der Waals surface area contributed by atoms with E-state index in [0.29, 0.717) is 26.3 Å². The van der Waals surface area contributed by atoms with Crippen LogP contribution in [0.2, 0.25) is 0 Å². The highest BCUT2D eigenvalue weighted by Gasteiger charge is 2.42. The van der Waals surface area contributed by atoms with Crippen molar-refractivity contribution in [3.05, 3.63) is 35.4 Å². The van der Waals surface area contributed by atoms with Crippen LogP contribution in [0.15, 0.2) is 24.3 Å². The number of aryl methyl sites for hydroxylation is 1. The van der Waals surface area contributed by atoms with Crippen LogP contribution in [0, 0.1) is 12.8 Å². The molecule has 2 aliphatic rings. The van der Waals surface area contributed by atoms with Gasteiger partial charge in [-0.2, -0.15) is 0 Å². The monoisotopic (exact) mass is 332 g/mol. The molecule has 0 aromatic heterocycles. The minimum atomic E-state index is -0.528. The van der Waals surface area contributed by atoms with Crippen LogP contribution in [-0.2, 0) is 15.9 Å². The Hall–Kier alpha value is -1.59. The second-order valence-electron chi connectivity index (χ2n) is 6.91. The van der Waals surface area contributed by atoms with E-state index < -0.39 is 5.79 Å². The molecule has 1 atom stereocenters. The lowest BCUT2D eigenvalue weighted by Crippen LogP contribution is -2.51. The minimum absolute atomic E-state index is 0.0230. The van der Waals surface area contributed by atoms with Crippen molar-refractivity contribution in [2.75, 3.05) is 32.8 Å². The summed E-state index contributed by atoms with van der Waals surface area (Å²) in [5, 5.41) is 3.06. The highest BCUT2D eigenvalue weighted by atomic mass is 16.7. The summed E-state index contributed by atoms with van der Waals surface area (Å²) in [7, 11) is 0. The third-order valence-electron chi connectivity index (χ3n) is 5.24. The third-order valence-corrected chi connectivity index (χ3v) is 5.24. The van der Waals surface area contributed by atoms with Gasteiger partial charge in [0, 0.05) is 25.6 Å². The van der Waals surface area contributed by atoms with Gasteiger partial charge in [0.2, 0.25) is 0 Å². The summed E-state index contributed by atoms with van der Waals surface area (Å²) in [6, 6.07) is 8.33. The molecule has 2 saturated heterocycles. The lowest BCUT2D eigenvalue weighted by molar-refractivity contribution is -0.189. The van der Waals surface area contributed by atoms with Crippen LogP contribution in [0.5, 0.6) is 0 Å². The van der Waals surface area contributed by atoms with Crippen LogP contribution in [0.3, 0.4) is 0 Å². The number of urea groups is 1. The van der Waals surface area contributed by atoms with Crippen molar-refractivity contribution in [3.8, 4) is 0 Å². The van der Waals surface area contributed by atoms with Crippen LogP contribution >= 0.6 is 0 Å². The van der Waals surface area contributed by atoms with Crippen molar-refractivity contribution in [2.45, 2.75) is 38.9 Å². The number of carbonyl (C=O) groups is 1. The maximum absolute atomic E-state index is 12.5.